The van der Waals surface area contributed by atoms with Crippen LogP contribution in [-0.2, 0) is 14.2 Å². The normalized spacial score (nSPS) is 17.7. The molecule has 1 unspecified atom stereocenters. The van der Waals surface area contributed by atoms with Crippen LogP contribution >= 0.6 is 22.6 Å². The number of fused-ring (bicyclic) bond motifs is 1. The number of halogens is 1. The van der Waals surface area contributed by atoms with Crippen molar-refractivity contribution in [2.45, 2.75) is 45.3 Å². The first-order valence-corrected chi connectivity index (χ1v) is 13.3. The number of hydrogen-bond acceptors (Lipinski definition) is 5. The standard InChI is InChI=1S/C24H24IN3O2.C4H8O2/c1-24(2,3)30-23(29)28-14-4-5-21(28)22-26-19-13-10-17(15-20(19)27-22)7-6-16-8-11-18(25)12-9-16;1-2-6-4-3-5-1/h8-13,15,21H,4-5,14H2,1-3H3,(H,26,27);1-4H2. The molecule has 5 rings (SSSR count). The minimum atomic E-state index is -0.511. The van der Waals surface area contributed by atoms with Crippen molar-refractivity contribution in [3.05, 3.63) is 63.0 Å². The summed E-state index contributed by atoms with van der Waals surface area (Å²) in [4.78, 5) is 22.5. The second kappa shape index (κ2) is 12.1. The van der Waals surface area contributed by atoms with Crippen molar-refractivity contribution >= 4 is 39.7 Å². The predicted molar refractivity (Wildman–Crippen MR) is 148 cm³/mol. The third-order valence-electron chi connectivity index (χ3n) is 5.64. The second-order valence-corrected chi connectivity index (χ2v) is 10.9. The average Bonchev–Trinajstić information content (AvgIpc) is 3.51. The number of H-pyrrole nitrogens is 1. The molecular formula is C28H32IN3O4. The van der Waals surface area contributed by atoms with Crippen LogP contribution in [0.15, 0.2) is 42.5 Å². The number of amides is 1. The van der Waals surface area contributed by atoms with Crippen LogP contribution in [0.25, 0.3) is 11.0 Å². The number of likely N-dealkylation sites (tertiary alicyclic amines) is 1. The Bertz CT molecular complexity index is 1220. The summed E-state index contributed by atoms with van der Waals surface area (Å²) in [6, 6.07) is 14.0. The number of nitrogens with zero attached hydrogens (tertiary/aromatic N) is 2. The van der Waals surface area contributed by atoms with E-state index in [0.29, 0.717) is 6.54 Å². The maximum absolute atomic E-state index is 12.6. The molecule has 7 nitrogen and oxygen atoms in total. The minimum absolute atomic E-state index is 0.0893. The fourth-order valence-corrected chi connectivity index (χ4v) is 4.33. The highest BCUT2D eigenvalue weighted by Crippen LogP contribution is 2.32. The molecule has 3 aromatic rings. The molecule has 2 saturated heterocycles. The SMILES string of the molecule is C1COCCO1.CC(C)(C)OC(=O)N1CCCC1c1nc2ccc(C#Cc3ccc(I)cc3)cc2[nH]1. The largest absolute Gasteiger partial charge is 0.444 e. The molecule has 2 aromatic carbocycles. The molecule has 0 aliphatic carbocycles. The summed E-state index contributed by atoms with van der Waals surface area (Å²) >= 11 is 2.28. The molecule has 36 heavy (non-hydrogen) atoms. The van der Waals surface area contributed by atoms with Crippen LogP contribution in [0.3, 0.4) is 0 Å². The maximum atomic E-state index is 12.6. The van der Waals surface area contributed by atoms with Crippen LogP contribution in [0.2, 0.25) is 0 Å². The summed E-state index contributed by atoms with van der Waals surface area (Å²) in [5.41, 5.74) is 3.20. The van der Waals surface area contributed by atoms with Gasteiger partial charge < -0.3 is 19.2 Å². The fraction of sp³-hybridized carbons (Fsp3) is 0.429. The summed E-state index contributed by atoms with van der Waals surface area (Å²) < 4.78 is 16.7. The third kappa shape index (κ3) is 7.45. The highest BCUT2D eigenvalue weighted by atomic mass is 127. The van der Waals surface area contributed by atoms with E-state index in [1.165, 1.54) is 3.57 Å². The molecule has 0 radical (unpaired) electrons. The Morgan fingerprint density at radius 3 is 2.33 bits per heavy atom. The van der Waals surface area contributed by atoms with Gasteiger partial charge in [-0.1, -0.05) is 11.8 Å². The molecule has 0 spiro atoms. The zero-order valence-corrected chi connectivity index (χ0v) is 23.1. The summed E-state index contributed by atoms with van der Waals surface area (Å²) in [5.74, 6) is 7.22. The van der Waals surface area contributed by atoms with Crippen molar-refractivity contribution in [1.82, 2.24) is 14.9 Å². The highest BCUT2D eigenvalue weighted by Gasteiger charge is 2.34. The van der Waals surface area contributed by atoms with E-state index >= 15 is 0 Å². The van der Waals surface area contributed by atoms with Gasteiger partial charge in [0.2, 0.25) is 0 Å². The molecule has 1 atom stereocenters. The van der Waals surface area contributed by atoms with Gasteiger partial charge in [-0.2, -0.15) is 0 Å². The predicted octanol–water partition coefficient (Wildman–Crippen LogP) is 5.67. The lowest BCUT2D eigenvalue weighted by Gasteiger charge is -2.27. The topological polar surface area (TPSA) is 76.7 Å². The lowest BCUT2D eigenvalue weighted by atomic mass is 10.1. The van der Waals surface area contributed by atoms with Crippen molar-refractivity contribution in [2.24, 2.45) is 0 Å². The maximum Gasteiger partial charge on any atom is 0.410 e. The third-order valence-corrected chi connectivity index (χ3v) is 6.36. The summed E-state index contributed by atoms with van der Waals surface area (Å²) in [7, 11) is 0. The smallest absolute Gasteiger partial charge is 0.410 e. The number of rotatable bonds is 1. The monoisotopic (exact) mass is 601 g/mol. The van der Waals surface area contributed by atoms with Crippen LogP contribution in [0.4, 0.5) is 4.79 Å². The van der Waals surface area contributed by atoms with Gasteiger partial charge in [0.25, 0.3) is 0 Å². The molecule has 0 bridgehead atoms. The molecule has 2 fully saturated rings. The number of imidazole rings is 1. The number of aromatic nitrogens is 2. The van der Waals surface area contributed by atoms with Crippen LogP contribution in [-0.4, -0.2) is 59.5 Å². The van der Waals surface area contributed by atoms with E-state index in [9.17, 15) is 4.79 Å². The van der Waals surface area contributed by atoms with E-state index < -0.39 is 5.60 Å². The Morgan fingerprint density at radius 1 is 1.06 bits per heavy atom. The van der Waals surface area contributed by atoms with E-state index in [0.717, 1.165) is 67.3 Å². The molecule has 1 aromatic heterocycles. The number of benzene rings is 2. The van der Waals surface area contributed by atoms with Crippen LogP contribution in [0.5, 0.6) is 0 Å². The van der Waals surface area contributed by atoms with E-state index in [1.54, 1.807) is 4.90 Å². The first-order chi connectivity index (χ1) is 17.3. The number of hydrogen-bond donors (Lipinski definition) is 1. The molecule has 1 N–H and O–H groups in total. The Balaban J connectivity index is 0.000000445. The Kier molecular flexibility index (Phi) is 8.88. The Labute approximate surface area is 226 Å². The van der Waals surface area contributed by atoms with Crippen molar-refractivity contribution in [1.29, 1.82) is 0 Å². The molecular weight excluding hydrogens is 569 g/mol. The van der Waals surface area contributed by atoms with Gasteiger partial charge in [-0.25, -0.2) is 9.78 Å². The van der Waals surface area contributed by atoms with Crippen molar-refractivity contribution in [3.63, 3.8) is 0 Å². The Morgan fingerprint density at radius 2 is 1.69 bits per heavy atom. The quantitative estimate of drug-likeness (QED) is 0.287. The van der Waals surface area contributed by atoms with Gasteiger partial charge in [0, 0.05) is 21.2 Å². The zero-order valence-electron chi connectivity index (χ0n) is 21.0. The summed E-state index contributed by atoms with van der Waals surface area (Å²) in [6.45, 7) is 9.45. The van der Waals surface area contributed by atoms with E-state index in [2.05, 4.69) is 39.4 Å². The lowest BCUT2D eigenvalue weighted by Crippen LogP contribution is -2.36. The Hall–Kier alpha value is -2.61. The van der Waals surface area contributed by atoms with Crippen molar-refractivity contribution in [3.8, 4) is 11.8 Å². The molecule has 8 heteroatoms. The fourth-order valence-electron chi connectivity index (χ4n) is 3.97. The summed E-state index contributed by atoms with van der Waals surface area (Å²) in [6.07, 6.45) is 1.53. The molecule has 1 amide bonds. The van der Waals surface area contributed by atoms with Gasteiger partial charge in [0.15, 0.2) is 0 Å². The number of aromatic amines is 1. The molecule has 2 aliphatic rings. The van der Waals surface area contributed by atoms with Gasteiger partial charge >= 0.3 is 6.09 Å². The van der Waals surface area contributed by atoms with Gasteiger partial charge in [-0.15, -0.1) is 0 Å². The van der Waals surface area contributed by atoms with Gasteiger partial charge in [0.05, 0.1) is 43.5 Å². The van der Waals surface area contributed by atoms with E-state index in [-0.39, 0.29) is 12.1 Å². The van der Waals surface area contributed by atoms with Gasteiger partial charge in [0.1, 0.15) is 11.4 Å². The van der Waals surface area contributed by atoms with Gasteiger partial charge in [-0.3, -0.25) is 4.90 Å². The molecule has 2 aliphatic heterocycles. The van der Waals surface area contributed by atoms with Crippen LogP contribution < -0.4 is 0 Å². The number of carbonyl (C=O) groups excluding carboxylic acids is 1. The molecule has 190 valence electrons. The van der Waals surface area contributed by atoms with Crippen LogP contribution in [0, 0.1) is 15.4 Å². The molecule has 0 saturated carbocycles. The number of ether oxygens (including phenoxy) is 3. The number of nitrogens with one attached hydrogen (secondary N) is 1. The summed E-state index contributed by atoms with van der Waals surface area (Å²) in [5, 5.41) is 0. The van der Waals surface area contributed by atoms with Crippen LogP contribution in [0.1, 0.15) is 56.6 Å². The zero-order chi connectivity index (χ0) is 25.5. The first-order valence-electron chi connectivity index (χ1n) is 12.2. The minimum Gasteiger partial charge on any atom is -0.444 e. The van der Waals surface area contributed by atoms with Gasteiger partial charge in [-0.05, 0) is 98.7 Å². The van der Waals surface area contributed by atoms with E-state index in [1.807, 2.05) is 63.2 Å². The number of carbonyl (C=O) groups is 1. The van der Waals surface area contributed by atoms with Crippen molar-refractivity contribution in [2.75, 3.05) is 33.0 Å². The lowest BCUT2D eigenvalue weighted by molar-refractivity contribution is -0.0334. The van der Waals surface area contributed by atoms with E-state index in [4.69, 9.17) is 19.2 Å². The first kappa shape index (κ1) is 26.5. The van der Waals surface area contributed by atoms with Crippen molar-refractivity contribution < 1.29 is 19.0 Å². The highest BCUT2D eigenvalue weighted by molar-refractivity contribution is 14.1. The average molecular weight is 601 g/mol. The molecule has 3 heterocycles. The second-order valence-electron chi connectivity index (χ2n) is 9.67.